The largest absolute Gasteiger partial charge is 0.490 e. The summed E-state index contributed by atoms with van der Waals surface area (Å²) in [6, 6.07) is 4.58. The maximum absolute atomic E-state index is 6.69. The van der Waals surface area contributed by atoms with Crippen LogP contribution in [0.3, 0.4) is 0 Å². The Labute approximate surface area is 460 Å². The minimum Gasteiger partial charge on any atom is -0.490 e. The van der Waals surface area contributed by atoms with Crippen molar-refractivity contribution < 1.29 is 14.2 Å². The predicted octanol–water partition coefficient (Wildman–Crippen LogP) is 25.3. The van der Waals surface area contributed by atoms with Crippen LogP contribution < -0.4 is 14.2 Å². The molecular weight excluding hydrogens is 889 g/mol. The normalized spacial score (nSPS) is 11.6. The van der Waals surface area contributed by atoms with Crippen LogP contribution in [0, 0.1) is 0 Å². The van der Waals surface area contributed by atoms with Gasteiger partial charge in [0.15, 0.2) is 11.5 Å². The van der Waals surface area contributed by atoms with E-state index in [0.717, 1.165) is 62.8 Å². The van der Waals surface area contributed by atoms with Crippen molar-refractivity contribution in [3.05, 3.63) is 17.7 Å². The summed E-state index contributed by atoms with van der Waals surface area (Å²) in [4.78, 5) is 0. The molecule has 0 aliphatic rings. The molecule has 3 heteroatoms. The first-order chi connectivity index (χ1) is 36.3. The second-order valence-electron chi connectivity index (χ2n) is 23.6. The lowest BCUT2D eigenvalue weighted by Crippen LogP contribution is -2.07. The van der Waals surface area contributed by atoms with Gasteiger partial charge in [0.05, 0.1) is 19.8 Å². The third-order valence-electron chi connectivity index (χ3n) is 16.2. The van der Waals surface area contributed by atoms with Gasteiger partial charge < -0.3 is 14.2 Å². The Morgan fingerprint density at radius 2 is 0.384 bits per heavy atom. The first-order valence-corrected chi connectivity index (χ1v) is 34.3. The fraction of sp³-hybridized carbons (Fsp3) is 0.914. The molecule has 1 rings (SSSR count). The van der Waals surface area contributed by atoms with E-state index in [1.807, 2.05) is 0 Å². The second-order valence-corrected chi connectivity index (χ2v) is 23.6. The number of hydrogen-bond donors (Lipinski definition) is 0. The van der Waals surface area contributed by atoms with Gasteiger partial charge in [0.2, 0.25) is 5.75 Å². The fourth-order valence-electron chi connectivity index (χ4n) is 11.1. The van der Waals surface area contributed by atoms with E-state index in [4.69, 9.17) is 14.2 Å². The molecule has 0 bridgehead atoms. The Balaban J connectivity index is 2.46. The molecule has 0 fully saturated rings. The van der Waals surface area contributed by atoms with Crippen molar-refractivity contribution in [2.45, 2.75) is 394 Å². The number of hydrogen-bond acceptors (Lipinski definition) is 3. The molecule has 0 N–H and O–H groups in total. The van der Waals surface area contributed by atoms with E-state index in [0.29, 0.717) is 0 Å². The quantitative estimate of drug-likeness (QED) is 0.0609. The van der Waals surface area contributed by atoms with Crippen LogP contribution in [0.5, 0.6) is 17.2 Å². The molecule has 3 nitrogen and oxygen atoms in total. The molecule has 1 aromatic carbocycles. The second kappa shape index (κ2) is 59.9. The van der Waals surface area contributed by atoms with Crippen molar-refractivity contribution in [2.24, 2.45) is 0 Å². The zero-order valence-corrected chi connectivity index (χ0v) is 50.8. The van der Waals surface area contributed by atoms with Crippen molar-refractivity contribution >= 4 is 0 Å². The predicted molar refractivity (Wildman–Crippen MR) is 328 cm³/mol. The molecule has 0 heterocycles. The van der Waals surface area contributed by atoms with Crippen LogP contribution in [0.4, 0.5) is 0 Å². The van der Waals surface area contributed by atoms with E-state index in [9.17, 15) is 0 Å². The molecule has 0 atom stereocenters. The van der Waals surface area contributed by atoms with Crippen LogP contribution in [0.1, 0.15) is 393 Å². The zero-order chi connectivity index (χ0) is 52.3. The average Bonchev–Trinajstić information content (AvgIpc) is 3.40. The van der Waals surface area contributed by atoms with Crippen molar-refractivity contribution in [2.75, 3.05) is 19.8 Å². The standard InChI is InChI=1S/C70H134O3/c1-5-9-13-16-19-22-25-28-31-34-37-40-43-46-49-52-55-58-62-71-68-65-67(61-12-8-4)66-69(72-63-59-56-53-50-47-44-41-38-35-32-29-26-23-20-17-14-10-6-2)70(68)73-64-60-57-54-51-48-45-42-39-36-33-30-27-24-21-18-15-11-7-3/h65-66H,5-64H2,1-4H3. The monoisotopic (exact) mass is 1020 g/mol. The highest BCUT2D eigenvalue weighted by Crippen LogP contribution is 2.40. The van der Waals surface area contributed by atoms with Crippen molar-refractivity contribution in [1.82, 2.24) is 0 Å². The number of rotatable bonds is 63. The highest BCUT2D eigenvalue weighted by atomic mass is 16.5. The minimum absolute atomic E-state index is 0.748. The number of unbranched alkanes of at least 4 members (excludes halogenated alkanes) is 52. The first kappa shape index (κ1) is 69.6. The molecule has 0 amide bonds. The van der Waals surface area contributed by atoms with Gasteiger partial charge in [0, 0.05) is 0 Å². The summed E-state index contributed by atoms with van der Waals surface area (Å²) in [5, 5.41) is 0. The maximum atomic E-state index is 6.69. The minimum atomic E-state index is 0.748. The summed E-state index contributed by atoms with van der Waals surface area (Å²) in [7, 11) is 0. The molecule has 0 aliphatic carbocycles. The van der Waals surface area contributed by atoms with E-state index < -0.39 is 0 Å². The zero-order valence-electron chi connectivity index (χ0n) is 50.8. The van der Waals surface area contributed by atoms with Crippen LogP contribution in [0.25, 0.3) is 0 Å². The van der Waals surface area contributed by atoms with Crippen LogP contribution in [0.15, 0.2) is 12.1 Å². The van der Waals surface area contributed by atoms with E-state index in [1.165, 1.54) is 346 Å². The first-order valence-electron chi connectivity index (χ1n) is 34.3. The smallest absolute Gasteiger partial charge is 0.203 e. The Kier molecular flexibility index (Phi) is 57.1. The molecule has 432 valence electrons. The van der Waals surface area contributed by atoms with Gasteiger partial charge in [-0.3, -0.25) is 0 Å². The summed E-state index contributed by atoms with van der Waals surface area (Å²) in [6.07, 6.45) is 79.0. The van der Waals surface area contributed by atoms with Gasteiger partial charge in [-0.05, 0) is 49.8 Å². The molecule has 0 saturated carbocycles. The number of ether oxygens (including phenoxy) is 3. The molecule has 0 unspecified atom stereocenters. The van der Waals surface area contributed by atoms with Gasteiger partial charge in [0.1, 0.15) is 0 Å². The van der Waals surface area contributed by atoms with Crippen molar-refractivity contribution in [3.8, 4) is 17.2 Å². The highest BCUT2D eigenvalue weighted by Gasteiger charge is 2.16. The summed E-state index contributed by atoms with van der Waals surface area (Å²) in [6.45, 7) is 11.5. The molecule has 0 spiro atoms. The van der Waals surface area contributed by atoms with Gasteiger partial charge in [-0.2, -0.15) is 0 Å². The third kappa shape index (κ3) is 49.9. The fourth-order valence-corrected chi connectivity index (χ4v) is 11.1. The highest BCUT2D eigenvalue weighted by molar-refractivity contribution is 5.54. The molecule has 0 aliphatic heterocycles. The maximum Gasteiger partial charge on any atom is 0.203 e. The van der Waals surface area contributed by atoms with Crippen LogP contribution >= 0.6 is 0 Å². The van der Waals surface area contributed by atoms with Crippen LogP contribution in [-0.4, -0.2) is 19.8 Å². The topological polar surface area (TPSA) is 27.7 Å². The van der Waals surface area contributed by atoms with Gasteiger partial charge in [-0.15, -0.1) is 0 Å². The lowest BCUT2D eigenvalue weighted by atomic mass is 10.0. The molecular formula is C70H134O3. The summed E-state index contributed by atoms with van der Waals surface area (Å²) < 4.78 is 20.0. The molecule has 0 saturated heterocycles. The van der Waals surface area contributed by atoms with Gasteiger partial charge in [-0.1, -0.05) is 362 Å². The molecule has 0 radical (unpaired) electrons. The van der Waals surface area contributed by atoms with Crippen LogP contribution in [-0.2, 0) is 6.42 Å². The Bertz CT molecular complexity index is 1120. The van der Waals surface area contributed by atoms with Crippen LogP contribution in [0.2, 0.25) is 0 Å². The summed E-state index contributed by atoms with van der Waals surface area (Å²) in [5.41, 5.74) is 1.34. The van der Waals surface area contributed by atoms with E-state index in [1.54, 1.807) is 0 Å². The van der Waals surface area contributed by atoms with E-state index in [-0.39, 0.29) is 0 Å². The summed E-state index contributed by atoms with van der Waals surface area (Å²) in [5.74, 6) is 2.73. The number of benzene rings is 1. The lowest BCUT2D eigenvalue weighted by Gasteiger charge is -2.19. The van der Waals surface area contributed by atoms with Gasteiger partial charge in [-0.25, -0.2) is 0 Å². The average molecular weight is 1020 g/mol. The van der Waals surface area contributed by atoms with Gasteiger partial charge >= 0.3 is 0 Å². The molecule has 1 aromatic rings. The van der Waals surface area contributed by atoms with E-state index in [2.05, 4.69) is 39.8 Å². The van der Waals surface area contributed by atoms with E-state index >= 15 is 0 Å². The summed E-state index contributed by atoms with van der Waals surface area (Å²) >= 11 is 0. The van der Waals surface area contributed by atoms with Crippen molar-refractivity contribution in [3.63, 3.8) is 0 Å². The Hall–Kier alpha value is -1.38. The molecule has 73 heavy (non-hydrogen) atoms. The molecule has 0 aromatic heterocycles. The SMILES string of the molecule is CCCCCCCCCCCCCCCCCCCCOc1cc(CCCC)cc(OCCCCCCCCCCCCCCCCCCCC)c1OCCCCCCCCCCCCCCCCCCCC. The lowest BCUT2D eigenvalue weighted by molar-refractivity contribution is 0.234. The Morgan fingerprint density at radius 1 is 0.205 bits per heavy atom. The van der Waals surface area contributed by atoms with Crippen molar-refractivity contribution in [1.29, 1.82) is 0 Å². The van der Waals surface area contributed by atoms with Gasteiger partial charge in [0.25, 0.3) is 0 Å². The third-order valence-corrected chi connectivity index (χ3v) is 16.2. The Morgan fingerprint density at radius 3 is 0.589 bits per heavy atom. The number of aryl methyl sites for hydroxylation is 1.